The summed E-state index contributed by atoms with van der Waals surface area (Å²) in [7, 11) is 0. The summed E-state index contributed by atoms with van der Waals surface area (Å²) in [5.74, 6) is -1.29. The summed E-state index contributed by atoms with van der Waals surface area (Å²) in [5.41, 5.74) is -1.43. The highest BCUT2D eigenvalue weighted by Crippen LogP contribution is 2.19. The van der Waals surface area contributed by atoms with Gasteiger partial charge in [0.25, 0.3) is 5.91 Å². The van der Waals surface area contributed by atoms with E-state index in [2.05, 4.69) is 5.32 Å². The number of hydrogen-bond donors (Lipinski definition) is 3. The van der Waals surface area contributed by atoms with E-state index in [1.165, 1.54) is 19.1 Å². The quantitative estimate of drug-likeness (QED) is 0.756. The highest BCUT2D eigenvalue weighted by Gasteiger charge is 2.21. The minimum atomic E-state index is -1.42. The molecule has 0 spiro atoms. The van der Waals surface area contributed by atoms with E-state index in [0.717, 1.165) is 6.07 Å². The number of nitrogens with one attached hydrogen (secondary N) is 1. The predicted octanol–water partition coefficient (Wildman–Crippen LogP) is 0.952. The zero-order chi connectivity index (χ0) is 13.1. The predicted molar refractivity (Wildman–Crippen MR) is 61.5 cm³/mol. The van der Waals surface area contributed by atoms with Crippen LogP contribution in [0.3, 0.4) is 0 Å². The molecular weight excluding hydrogens is 249 g/mol. The summed E-state index contributed by atoms with van der Waals surface area (Å²) >= 11 is 5.62. The fraction of sp³-hybridized carbons (Fsp3) is 0.364. The first-order chi connectivity index (χ1) is 7.87. The van der Waals surface area contributed by atoms with Gasteiger partial charge in [0.2, 0.25) is 0 Å². The van der Waals surface area contributed by atoms with Crippen molar-refractivity contribution in [2.75, 3.05) is 13.2 Å². The smallest absolute Gasteiger partial charge is 0.253 e. The molecule has 94 valence electrons. The van der Waals surface area contributed by atoms with Crippen LogP contribution >= 0.6 is 11.6 Å². The summed E-state index contributed by atoms with van der Waals surface area (Å²) in [6, 6.07) is 3.87. The van der Waals surface area contributed by atoms with Crippen LogP contribution in [0.1, 0.15) is 17.3 Å². The third-order valence-corrected chi connectivity index (χ3v) is 2.55. The maximum atomic E-state index is 13.1. The fourth-order valence-electron chi connectivity index (χ4n) is 1.10. The van der Waals surface area contributed by atoms with Gasteiger partial charge in [-0.1, -0.05) is 17.7 Å². The van der Waals surface area contributed by atoms with Gasteiger partial charge < -0.3 is 15.5 Å². The lowest BCUT2D eigenvalue weighted by molar-refractivity contribution is 0.00320. The Bertz CT molecular complexity index is 423. The third-order valence-electron chi connectivity index (χ3n) is 2.17. The van der Waals surface area contributed by atoms with Gasteiger partial charge >= 0.3 is 0 Å². The summed E-state index contributed by atoms with van der Waals surface area (Å²) in [6.07, 6.45) is 0. The Morgan fingerprint density at radius 1 is 1.59 bits per heavy atom. The molecule has 0 aromatic heterocycles. The Morgan fingerprint density at radius 2 is 2.24 bits per heavy atom. The molecule has 0 aliphatic carbocycles. The molecular formula is C11H13ClFNO3. The van der Waals surface area contributed by atoms with Gasteiger partial charge in [-0.15, -0.1) is 0 Å². The minimum Gasteiger partial charge on any atom is -0.393 e. The van der Waals surface area contributed by atoms with Gasteiger partial charge in [-0.25, -0.2) is 4.39 Å². The van der Waals surface area contributed by atoms with E-state index in [9.17, 15) is 14.3 Å². The van der Waals surface area contributed by atoms with E-state index in [4.69, 9.17) is 16.7 Å². The molecule has 1 aromatic carbocycles. The average Bonchev–Trinajstić information content (AvgIpc) is 2.30. The molecule has 0 radical (unpaired) electrons. The van der Waals surface area contributed by atoms with Gasteiger partial charge in [-0.05, 0) is 19.1 Å². The number of aliphatic hydroxyl groups excluding tert-OH is 1. The van der Waals surface area contributed by atoms with E-state index in [0.29, 0.717) is 0 Å². The highest BCUT2D eigenvalue weighted by molar-refractivity contribution is 6.34. The number of hydrogen-bond acceptors (Lipinski definition) is 3. The molecule has 0 heterocycles. The molecule has 0 fully saturated rings. The van der Waals surface area contributed by atoms with Crippen LogP contribution in [0.25, 0.3) is 0 Å². The number of rotatable bonds is 4. The van der Waals surface area contributed by atoms with Crippen molar-refractivity contribution in [3.05, 3.63) is 34.6 Å². The topological polar surface area (TPSA) is 69.6 Å². The molecule has 1 aromatic rings. The first-order valence-corrected chi connectivity index (χ1v) is 5.30. The average molecular weight is 262 g/mol. The summed E-state index contributed by atoms with van der Waals surface area (Å²) < 4.78 is 13.1. The van der Waals surface area contributed by atoms with Crippen LogP contribution in [0.5, 0.6) is 0 Å². The lowest BCUT2D eigenvalue weighted by Crippen LogP contribution is -2.43. The molecule has 1 amide bonds. The molecule has 3 N–H and O–H groups in total. The van der Waals surface area contributed by atoms with Crippen molar-refractivity contribution in [2.45, 2.75) is 12.5 Å². The maximum Gasteiger partial charge on any atom is 0.253 e. The Morgan fingerprint density at radius 3 is 2.82 bits per heavy atom. The molecule has 6 heteroatoms. The number of aliphatic hydroxyl groups is 2. The summed E-state index contributed by atoms with van der Waals surface area (Å²) in [4.78, 5) is 11.6. The number of carbonyl (C=O) groups excluding carboxylic acids is 1. The van der Waals surface area contributed by atoms with Crippen molar-refractivity contribution in [1.82, 2.24) is 5.32 Å². The molecule has 17 heavy (non-hydrogen) atoms. The Balaban J connectivity index is 2.74. The highest BCUT2D eigenvalue weighted by atomic mass is 35.5. The molecule has 4 nitrogen and oxygen atoms in total. The van der Waals surface area contributed by atoms with E-state index in [-0.39, 0.29) is 17.1 Å². The monoisotopic (exact) mass is 261 g/mol. The number of benzene rings is 1. The largest absolute Gasteiger partial charge is 0.393 e. The lowest BCUT2D eigenvalue weighted by atomic mass is 10.1. The van der Waals surface area contributed by atoms with Gasteiger partial charge in [0.15, 0.2) is 0 Å². The second-order valence-corrected chi connectivity index (χ2v) is 4.32. The SMILES string of the molecule is CC(O)(CO)CNC(=O)c1cccc(F)c1Cl. The zero-order valence-corrected chi connectivity index (χ0v) is 9.96. The van der Waals surface area contributed by atoms with Crippen LogP contribution in [-0.2, 0) is 0 Å². The van der Waals surface area contributed by atoms with Crippen LogP contribution in [-0.4, -0.2) is 34.9 Å². The molecule has 0 saturated carbocycles. The second kappa shape index (κ2) is 5.44. The lowest BCUT2D eigenvalue weighted by Gasteiger charge is -2.20. The van der Waals surface area contributed by atoms with Crippen molar-refractivity contribution < 1.29 is 19.4 Å². The van der Waals surface area contributed by atoms with Gasteiger partial charge in [0.05, 0.1) is 17.2 Å². The van der Waals surface area contributed by atoms with Crippen LogP contribution in [0.15, 0.2) is 18.2 Å². The normalized spacial score (nSPS) is 14.2. The molecule has 1 rings (SSSR count). The molecule has 0 aliphatic heterocycles. The van der Waals surface area contributed by atoms with E-state index < -0.39 is 23.9 Å². The Hall–Kier alpha value is -1.17. The molecule has 0 bridgehead atoms. The Kier molecular flexibility index (Phi) is 4.45. The minimum absolute atomic E-state index is 0.0135. The van der Waals surface area contributed by atoms with Crippen LogP contribution in [0.4, 0.5) is 4.39 Å². The fourth-order valence-corrected chi connectivity index (χ4v) is 1.31. The van der Waals surface area contributed by atoms with Crippen molar-refractivity contribution in [2.24, 2.45) is 0 Å². The molecule has 1 unspecified atom stereocenters. The van der Waals surface area contributed by atoms with Crippen molar-refractivity contribution >= 4 is 17.5 Å². The molecule has 0 saturated heterocycles. The van der Waals surface area contributed by atoms with Crippen LogP contribution in [0.2, 0.25) is 5.02 Å². The maximum absolute atomic E-state index is 13.1. The standard InChI is InChI=1S/C11H13ClFNO3/c1-11(17,6-15)5-14-10(16)7-3-2-4-8(13)9(7)12/h2-4,15,17H,5-6H2,1H3,(H,14,16). The third kappa shape index (κ3) is 3.66. The molecule has 0 aliphatic rings. The van der Waals surface area contributed by atoms with E-state index in [1.807, 2.05) is 0 Å². The number of amides is 1. The van der Waals surface area contributed by atoms with Crippen molar-refractivity contribution in [3.8, 4) is 0 Å². The molecule has 1 atom stereocenters. The first kappa shape index (κ1) is 13.9. The van der Waals surface area contributed by atoms with E-state index in [1.54, 1.807) is 0 Å². The first-order valence-electron chi connectivity index (χ1n) is 4.93. The number of carbonyl (C=O) groups is 1. The van der Waals surface area contributed by atoms with Gasteiger partial charge in [0, 0.05) is 6.54 Å². The second-order valence-electron chi connectivity index (χ2n) is 3.94. The van der Waals surface area contributed by atoms with Gasteiger partial charge in [-0.3, -0.25) is 4.79 Å². The van der Waals surface area contributed by atoms with Crippen molar-refractivity contribution in [1.29, 1.82) is 0 Å². The summed E-state index contributed by atoms with van der Waals surface area (Å²) in [5, 5.41) is 20.3. The van der Waals surface area contributed by atoms with Gasteiger partial charge in [-0.2, -0.15) is 0 Å². The zero-order valence-electron chi connectivity index (χ0n) is 9.20. The van der Waals surface area contributed by atoms with Gasteiger partial charge in [0.1, 0.15) is 11.4 Å². The number of halogens is 2. The summed E-state index contributed by atoms with van der Waals surface area (Å²) in [6.45, 7) is 0.708. The van der Waals surface area contributed by atoms with Crippen LogP contribution < -0.4 is 5.32 Å². The van der Waals surface area contributed by atoms with E-state index >= 15 is 0 Å². The van der Waals surface area contributed by atoms with Crippen molar-refractivity contribution in [3.63, 3.8) is 0 Å². The van der Waals surface area contributed by atoms with Crippen LogP contribution in [0, 0.1) is 5.82 Å². The Labute approximate surface area is 103 Å².